The lowest BCUT2D eigenvalue weighted by atomic mass is 10.1. The van der Waals surface area contributed by atoms with Crippen molar-refractivity contribution >= 4 is 24.3 Å². The van der Waals surface area contributed by atoms with E-state index in [-0.39, 0.29) is 24.3 Å². The lowest BCUT2D eigenvalue weighted by Crippen LogP contribution is -2.38. The Morgan fingerprint density at radius 3 is 2.22 bits per heavy atom. The Labute approximate surface area is 169 Å². The quantitative estimate of drug-likeness (QED) is 0.370. The number of carbonyl (C=O) groups is 2. The van der Waals surface area contributed by atoms with Gasteiger partial charge in [-0.2, -0.15) is 0 Å². The molecule has 0 saturated heterocycles. The van der Waals surface area contributed by atoms with Crippen molar-refractivity contribution in [2.45, 2.75) is 71.4 Å². The standard InChI is InChI=1S/C21H33NO4.ClH/c1-3-5-15-25-20(23)14-10-13-19(21(24)26-16-6-4-2)22-17-18-11-8-7-9-12-18;/h7-9,11-12,19,22H,3-6,10,13-17H2,1-2H3;1H. The Kier molecular flexibility index (Phi) is 15.6. The molecule has 1 aromatic rings. The zero-order valence-corrected chi connectivity index (χ0v) is 17.4. The highest BCUT2D eigenvalue weighted by atomic mass is 35.5. The van der Waals surface area contributed by atoms with Crippen LogP contribution in [0, 0.1) is 0 Å². The summed E-state index contributed by atoms with van der Waals surface area (Å²) in [4.78, 5) is 24.0. The van der Waals surface area contributed by atoms with E-state index in [1.165, 1.54) is 0 Å². The summed E-state index contributed by atoms with van der Waals surface area (Å²) in [7, 11) is 0. The van der Waals surface area contributed by atoms with Crippen molar-refractivity contribution in [3.05, 3.63) is 35.9 Å². The van der Waals surface area contributed by atoms with E-state index in [1.807, 2.05) is 30.3 Å². The summed E-state index contributed by atoms with van der Waals surface area (Å²) < 4.78 is 10.5. The SMILES string of the molecule is CCCCOC(=O)CCCC(NCc1ccccc1)C(=O)OCCCC.Cl. The van der Waals surface area contributed by atoms with Crippen molar-refractivity contribution in [2.24, 2.45) is 0 Å². The van der Waals surface area contributed by atoms with Gasteiger partial charge in [-0.05, 0) is 31.2 Å². The van der Waals surface area contributed by atoms with Crippen molar-refractivity contribution in [1.82, 2.24) is 5.32 Å². The fourth-order valence-electron chi connectivity index (χ4n) is 2.41. The van der Waals surface area contributed by atoms with Gasteiger partial charge in [0, 0.05) is 13.0 Å². The monoisotopic (exact) mass is 399 g/mol. The number of carbonyl (C=O) groups excluding carboxylic acids is 2. The Morgan fingerprint density at radius 1 is 0.963 bits per heavy atom. The zero-order valence-electron chi connectivity index (χ0n) is 16.6. The van der Waals surface area contributed by atoms with Crippen molar-refractivity contribution < 1.29 is 19.1 Å². The number of halogens is 1. The van der Waals surface area contributed by atoms with Crippen LogP contribution in [-0.2, 0) is 25.6 Å². The van der Waals surface area contributed by atoms with Crippen LogP contribution < -0.4 is 5.32 Å². The van der Waals surface area contributed by atoms with Gasteiger partial charge in [0.2, 0.25) is 0 Å². The predicted molar refractivity (Wildman–Crippen MR) is 110 cm³/mol. The summed E-state index contributed by atoms with van der Waals surface area (Å²) >= 11 is 0. The lowest BCUT2D eigenvalue weighted by molar-refractivity contribution is -0.148. The second-order valence-electron chi connectivity index (χ2n) is 6.41. The van der Waals surface area contributed by atoms with Crippen LogP contribution in [0.25, 0.3) is 0 Å². The summed E-state index contributed by atoms with van der Waals surface area (Å²) in [5, 5.41) is 3.26. The van der Waals surface area contributed by atoms with E-state index in [0.29, 0.717) is 39.0 Å². The molecule has 1 N–H and O–H groups in total. The van der Waals surface area contributed by atoms with E-state index in [1.54, 1.807) is 0 Å². The second-order valence-corrected chi connectivity index (χ2v) is 6.41. The Hall–Kier alpha value is -1.59. The molecule has 1 unspecified atom stereocenters. The van der Waals surface area contributed by atoms with Crippen molar-refractivity contribution in [1.29, 1.82) is 0 Å². The van der Waals surface area contributed by atoms with Gasteiger partial charge in [0.25, 0.3) is 0 Å². The van der Waals surface area contributed by atoms with Crippen LogP contribution >= 0.6 is 12.4 Å². The molecule has 1 aromatic carbocycles. The van der Waals surface area contributed by atoms with Crippen molar-refractivity contribution in [3.63, 3.8) is 0 Å². The first-order chi connectivity index (χ1) is 12.7. The average Bonchev–Trinajstić information content (AvgIpc) is 2.65. The molecule has 1 atom stereocenters. The minimum absolute atomic E-state index is 0. The fourth-order valence-corrected chi connectivity index (χ4v) is 2.41. The molecule has 0 aliphatic rings. The van der Waals surface area contributed by atoms with Crippen molar-refractivity contribution in [3.8, 4) is 0 Å². The lowest BCUT2D eigenvalue weighted by Gasteiger charge is -2.17. The first kappa shape index (κ1) is 25.4. The molecular formula is C21H34ClNO4. The molecule has 1 rings (SSSR count). The summed E-state index contributed by atoms with van der Waals surface area (Å²) in [6.45, 7) is 5.63. The van der Waals surface area contributed by atoms with Gasteiger partial charge in [0.15, 0.2) is 0 Å². The first-order valence-corrected chi connectivity index (χ1v) is 9.77. The third-order valence-corrected chi connectivity index (χ3v) is 4.06. The molecule has 0 aliphatic heterocycles. The molecule has 0 aliphatic carbocycles. The summed E-state index contributed by atoms with van der Waals surface area (Å²) in [6, 6.07) is 9.52. The Bertz CT molecular complexity index is 510. The van der Waals surface area contributed by atoms with Crippen LogP contribution in [0.3, 0.4) is 0 Å². The molecule has 27 heavy (non-hydrogen) atoms. The molecule has 0 heterocycles. The van der Waals surface area contributed by atoms with Crippen LogP contribution in [0.2, 0.25) is 0 Å². The third-order valence-electron chi connectivity index (χ3n) is 4.06. The Morgan fingerprint density at radius 2 is 1.59 bits per heavy atom. The van der Waals surface area contributed by atoms with Crippen LogP contribution in [0.5, 0.6) is 0 Å². The molecule has 6 heteroatoms. The first-order valence-electron chi connectivity index (χ1n) is 9.77. The topological polar surface area (TPSA) is 64.6 Å². The molecule has 0 radical (unpaired) electrons. The zero-order chi connectivity index (χ0) is 19.0. The average molecular weight is 400 g/mol. The number of hydrogen-bond donors (Lipinski definition) is 1. The third kappa shape index (κ3) is 12.4. The molecule has 0 aromatic heterocycles. The number of esters is 2. The minimum Gasteiger partial charge on any atom is -0.466 e. The van der Waals surface area contributed by atoms with Gasteiger partial charge in [-0.15, -0.1) is 12.4 Å². The minimum atomic E-state index is -0.407. The summed E-state index contributed by atoms with van der Waals surface area (Å²) in [6.07, 6.45) is 5.22. The fraction of sp³-hybridized carbons (Fsp3) is 0.619. The van der Waals surface area contributed by atoms with E-state index < -0.39 is 6.04 Å². The van der Waals surface area contributed by atoms with Gasteiger partial charge in [-0.25, -0.2) is 0 Å². The normalized spacial score (nSPS) is 11.3. The maximum Gasteiger partial charge on any atom is 0.323 e. The van der Waals surface area contributed by atoms with Crippen LogP contribution in [0.4, 0.5) is 0 Å². The van der Waals surface area contributed by atoms with E-state index >= 15 is 0 Å². The number of hydrogen-bond acceptors (Lipinski definition) is 5. The Balaban J connectivity index is 0.00000676. The van der Waals surface area contributed by atoms with E-state index in [9.17, 15) is 9.59 Å². The van der Waals surface area contributed by atoms with E-state index in [2.05, 4.69) is 19.2 Å². The summed E-state index contributed by atoms with van der Waals surface area (Å²) in [5.74, 6) is -0.437. The second kappa shape index (κ2) is 16.6. The number of ether oxygens (including phenoxy) is 2. The molecular weight excluding hydrogens is 366 g/mol. The van der Waals surface area contributed by atoms with Crippen LogP contribution in [-0.4, -0.2) is 31.2 Å². The van der Waals surface area contributed by atoms with Crippen LogP contribution in [0.15, 0.2) is 30.3 Å². The smallest absolute Gasteiger partial charge is 0.323 e. The van der Waals surface area contributed by atoms with Gasteiger partial charge in [-0.3, -0.25) is 9.59 Å². The molecule has 0 amide bonds. The van der Waals surface area contributed by atoms with E-state index in [4.69, 9.17) is 9.47 Å². The van der Waals surface area contributed by atoms with Gasteiger partial charge in [0.05, 0.1) is 13.2 Å². The number of benzene rings is 1. The molecule has 0 saturated carbocycles. The maximum absolute atomic E-state index is 12.3. The largest absolute Gasteiger partial charge is 0.466 e. The number of unbranched alkanes of at least 4 members (excludes halogenated alkanes) is 2. The van der Waals surface area contributed by atoms with E-state index in [0.717, 1.165) is 31.2 Å². The molecule has 0 bridgehead atoms. The highest BCUT2D eigenvalue weighted by Crippen LogP contribution is 2.08. The number of nitrogens with one attached hydrogen (secondary N) is 1. The van der Waals surface area contributed by atoms with Gasteiger partial charge >= 0.3 is 11.9 Å². The van der Waals surface area contributed by atoms with Crippen LogP contribution in [0.1, 0.15) is 64.4 Å². The predicted octanol–water partition coefficient (Wildman–Crippen LogP) is 4.42. The van der Waals surface area contributed by atoms with Gasteiger partial charge < -0.3 is 14.8 Å². The molecule has 5 nitrogen and oxygen atoms in total. The van der Waals surface area contributed by atoms with Gasteiger partial charge in [-0.1, -0.05) is 57.0 Å². The molecule has 0 spiro atoms. The highest BCUT2D eigenvalue weighted by molar-refractivity contribution is 5.85. The molecule has 154 valence electrons. The molecule has 0 fully saturated rings. The summed E-state index contributed by atoms with van der Waals surface area (Å²) in [5.41, 5.74) is 1.11. The number of rotatable bonds is 14. The maximum atomic E-state index is 12.3. The van der Waals surface area contributed by atoms with Crippen molar-refractivity contribution in [2.75, 3.05) is 13.2 Å². The van der Waals surface area contributed by atoms with Gasteiger partial charge in [0.1, 0.15) is 6.04 Å². The highest BCUT2D eigenvalue weighted by Gasteiger charge is 2.20.